The van der Waals surface area contributed by atoms with Crippen LogP contribution in [0.3, 0.4) is 0 Å². The SMILES string of the molecule is CCCOc1ccc(Cl)c2c(=O)c3cc([S+](c4ccc(C)cc4)c4ccc(C(=O)c5ccccc5)cc4)ccc3sc12. The second kappa shape index (κ2) is 12.1. The zero-order chi connectivity index (χ0) is 29.2. The third kappa shape index (κ3) is 5.48. The maximum Gasteiger partial charge on any atom is 0.197 e. The minimum absolute atomic E-state index is 0.00778. The van der Waals surface area contributed by atoms with Gasteiger partial charge in [-0.15, -0.1) is 11.3 Å². The van der Waals surface area contributed by atoms with Crippen LogP contribution in [0.15, 0.2) is 129 Å². The fourth-order valence-corrected chi connectivity index (χ4v) is 8.43. The summed E-state index contributed by atoms with van der Waals surface area (Å²) in [6, 6.07) is 35.4. The Morgan fingerprint density at radius 1 is 0.810 bits per heavy atom. The summed E-state index contributed by atoms with van der Waals surface area (Å²) < 4.78 is 7.62. The number of hydrogen-bond acceptors (Lipinski definition) is 4. The van der Waals surface area contributed by atoms with E-state index < -0.39 is 10.9 Å². The first-order chi connectivity index (χ1) is 20.4. The van der Waals surface area contributed by atoms with Crippen molar-refractivity contribution in [2.75, 3.05) is 6.61 Å². The fourth-order valence-electron chi connectivity index (χ4n) is 4.91. The van der Waals surface area contributed by atoms with Crippen LogP contribution in [0, 0.1) is 6.92 Å². The quantitative estimate of drug-likeness (QED) is 0.0983. The first kappa shape index (κ1) is 28.2. The molecule has 3 nitrogen and oxygen atoms in total. The average molecular weight is 608 g/mol. The molecule has 0 amide bonds. The molecule has 0 aliphatic carbocycles. The number of carbonyl (C=O) groups excluding carboxylic acids is 1. The maximum absolute atomic E-state index is 13.9. The number of benzene rings is 5. The first-order valence-corrected chi connectivity index (χ1v) is 16.2. The number of carbonyl (C=O) groups is 1. The lowest BCUT2D eigenvalue weighted by Crippen LogP contribution is -2.08. The molecule has 42 heavy (non-hydrogen) atoms. The maximum atomic E-state index is 13.9. The highest BCUT2D eigenvalue weighted by Crippen LogP contribution is 2.38. The Morgan fingerprint density at radius 2 is 1.45 bits per heavy atom. The summed E-state index contributed by atoms with van der Waals surface area (Å²) in [6.45, 7) is 4.70. The van der Waals surface area contributed by atoms with Crippen LogP contribution in [0.4, 0.5) is 0 Å². The lowest BCUT2D eigenvalue weighted by atomic mass is 10.0. The first-order valence-electron chi connectivity index (χ1n) is 13.8. The van der Waals surface area contributed by atoms with Gasteiger partial charge in [-0.25, -0.2) is 0 Å². The molecule has 0 bridgehead atoms. The topological polar surface area (TPSA) is 43.4 Å². The van der Waals surface area contributed by atoms with E-state index in [0.717, 1.165) is 30.5 Å². The predicted octanol–water partition coefficient (Wildman–Crippen LogP) is 9.49. The van der Waals surface area contributed by atoms with Gasteiger partial charge in [0.15, 0.2) is 25.9 Å². The largest absolute Gasteiger partial charge is 0.492 e. The molecular weight excluding hydrogens is 580 g/mol. The molecule has 0 aliphatic heterocycles. The van der Waals surface area contributed by atoms with E-state index in [1.54, 1.807) is 6.07 Å². The monoisotopic (exact) mass is 607 g/mol. The van der Waals surface area contributed by atoms with Gasteiger partial charge in [0, 0.05) is 27.3 Å². The summed E-state index contributed by atoms with van der Waals surface area (Å²) in [5.41, 5.74) is 2.39. The van der Waals surface area contributed by atoms with Crippen molar-refractivity contribution < 1.29 is 9.53 Å². The van der Waals surface area contributed by atoms with Gasteiger partial charge in [-0.05, 0) is 74.0 Å². The van der Waals surface area contributed by atoms with E-state index in [1.807, 2.05) is 72.8 Å². The molecule has 6 heteroatoms. The molecule has 0 fully saturated rings. The van der Waals surface area contributed by atoms with Gasteiger partial charge in [0.05, 0.1) is 32.6 Å². The van der Waals surface area contributed by atoms with Crippen molar-refractivity contribution in [1.82, 2.24) is 0 Å². The van der Waals surface area contributed by atoms with Gasteiger partial charge in [0.25, 0.3) is 0 Å². The van der Waals surface area contributed by atoms with Crippen LogP contribution in [0.1, 0.15) is 34.8 Å². The Labute approximate surface area is 256 Å². The second-order valence-corrected chi connectivity index (χ2v) is 13.5. The lowest BCUT2D eigenvalue weighted by molar-refractivity contribution is 0.103. The standard InChI is InChI=1S/C36H28ClO3S2/c1-3-21-40-31-19-18-30(37)33-35(39)29-22-28(17-20-32(29)41-36(31)33)42(26-13-9-23(2)10-14-26)27-15-11-25(12-16-27)34(38)24-7-5-4-6-8-24/h4-20,22H,3,21H2,1-2H3/q+1. The number of fused-ring (bicyclic) bond motifs is 2. The van der Waals surface area contributed by atoms with Crippen molar-refractivity contribution in [2.45, 2.75) is 35.0 Å². The molecule has 0 saturated heterocycles. The van der Waals surface area contributed by atoms with Crippen LogP contribution in [0.5, 0.6) is 5.75 Å². The molecule has 1 heterocycles. The van der Waals surface area contributed by atoms with Gasteiger partial charge >= 0.3 is 0 Å². The van der Waals surface area contributed by atoms with Crippen molar-refractivity contribution in [3.8, 4) is 5.75 Å². The lowest BCUT2D eigenvalue weighted by Gasteiger charge is -2.12. The van der Waals surface area contributed by atoms with E-state index >= 15 is 0 Å². The molecule has 1 unspecified atom stereocenters. The Hall–Kier alpha value is -3.90. The van der Waals surface area contributed by atoms with Crippen molar-refractivity contribution >= 4 is 59.8 Å². The summed E-state index contributed by atoms with van der Waals surface area (Å²) in [7, 11) is -0.504. The Balaban J connectivity index is 1.48. The van der Waals surface area contributed by atoms with Crippen molar-refractivity contribution in [3.63, 3.8) is 0 Å². The highest BCUT2D eigenvalue weighted by molar-refractivity contribution is 7.97. The van der Waals surface area contributed by atoms with E-state index in [4.69, 9.17) is 16.3 Å². The molecule has 1 aromatic heterocycles. The molecule has 0 aliphatic rings. The number of ether oxygens (including phenoxy) is 1. The number of hydrogen-bond donors (Lipinski definition) is 0. The van der Waals surface area contributed by atoms with Gasteiger partial charge in [-0.1, -0.05) is 66.6 Å². The van der Waals surface area contributed by atoms with E-state index in [9.17, 15) is 9.59 Å². The van der Waals surface area contributed by atoms with Crippen LogP contribution >= 0.6 is 22.9 Å². The Bertz CT molecular complexity index is 1970. The summed E-state index contributed by atoms with van der Waals surface area (Å²) >= 11 is 8.12. The summed E-state index contributed by atoms with van der Waals surface area (Å²) in [6.07, 6.45) is 0.874. The van der Waals surface area contributed by atoms with E-state index in [1.165, 1.54) is 16.9 Å². The second-order valence-electron chi connectivity index (χ2n) is 10.0. The highest BCUT2D eigenvalue weighted by Gasteiger charge is 2.30. The molecule has 5 aromatic carbocycles. The van der Waals surface area contributed by atoms with Crippen LogP contribution in [0.25, 0.3) is 20.2 Å². The van der Waals surface area contributed by atoms with Gasteiger partial charge in [-0.2, -0.15) is 0 Å². The van der Waals surface area contributed by atoms with Gasteiger partial charge < -0.3 is 4.74 Å². The highest BCUT2D eigenvalue weighted by atomic mass is 35.5. The number of rotatable bonds is 8. The molecule has 0 saturated carbocycles. The van der Waals surface area contributed by atoms with Gasteiger partial charge in [0.2, 0.25) is 0 Å². The third-order valence-electron chi connectivity index (χ3n) is 7.05. The fraction of sp³-hybridized carbons (Fsp3) is 0.111. The molecular formula is C36H28ClO3S2+. The van der Waals surface area contributed by atoms with Crippen molar-refractivity contribution in [2.24, 2.45) is 0 Å². The molecule has 0 N–H and O–H groups in total. The Kier molecular flexibility index (Phi) is 8.16. The summed E-state index contributed by atoms with van der Waals surface area (Å²) in [5, 5.41) is 1.57. The number of ketones is 1. The van der Waals surface area contributed by atoms with Crippen LogP contribution in [0.2, 0.25) is 5.02 Å². The van der Waals surface area contributed by atoms with E-state index in [0.29, 0.717) is 39.3 Å². The van der Waals surface area contributed by atoms with E-state index in [-0.39, 0.29) is 11.2 Å². The minimum atomic E-state index is -0.504. The van der Waals surface area contributed by atoms with Crippen molar-refractivity contribution in [3.05, 3.63) is 141 Å². The number of aryl methyl sites for hydroxylation is 1. The smallest absolute Gasteiger partial charge is 0.197 e. The van der Waals surface area contributed by atoms with Gasteiger partial charge in [0.1, 0.15) is 5.75 Å². The molecule has 6 aromatic rings. The summed E-state index contributed by atoms with van der Waals surface area (Å²) in [5.74, 6) is 0.681. The third-order valence-corrected chi connectivity index (χ3v) is 10.8. The van der Waals surface area contributed by atoms with Crippen LogP contribution in [-0.4, -0.2) is 12.4 Å². The zero-order valence-corrected chi connectivity index (χ0v) is 25.6. The average Bonchev–Trinajstić information content (AvgIpc) is 3.02. The van der Waals surface area contributed by atoms with Crippen LogP contribution in [-0.2, 0) is 10.9 Å². The zero-order valence-electron chi connectivity index (χ0n) is 23.2. The molecule has 208 valence electrons. The molecule has 6 rings (SSSR count). The van der Waals surface area contributed by atoms with E-state index in [2.05, 4.69) is 44.2 Å². The minimum Gasteiger partial charge on any atom is -0.492 e. The molecule has 0 spiro atoms. The summed E-state index contributed by atoms with van der Waals surface area (Å²) in [4.78, 5) is 30.2. The van der Waals surface area contributed by atoms with Crippen molar-refractivity contribution in [1.29, 1.82) is 0 Å². The normalized spacial score (nSPS) is 12.0. The molecule has 0 radical (unpaired) electrons. The predicted molar refractivity (Wildman–Crippen MR) is 176 cm³/mol. The van der Waals surface area contributed by atoms with Gasteiger partial charge in [-0.3, -0.25) is 9.59 Å². The Morgan fingerprint density at radius 3 is 2.14 bits per heavy atom. The molecule has 1 atom stereocenters. The van der Waals surface area contributed by atoms with Crippen LogP contribution < -0.4 is 10.2 Å². The number of halogens is 1.